The van der Waals surface area contributed by atoms with Gasteiger partial charge in [0.25, 0.3) is 0 Å². The van der Waals surface area contributed by atoms with Crippen LogP contribution in [0.15, 0.2) is 5.38 Å². The number of rotatable bonds is 8. The number of esters is 1. The van der Waals surface area contributed by atoms with E-state index in [-0.39, 0.29) is 11.6 Å². The highest BCUT2D eigenvalue weighted by molar-refractivity contribution is 7.13. The van der Waals surface area contributed by atoms with Gasteiger partial charge < -0.3 is 14.8 Å². The summed E-state index contributed by atoms with van der Waals surface area (Å²) < 4.78 is 10.5. The third-order valence-corrected chi connectivity index (χ3v) is 4.55. The second-order valence-corrected chi connectivity index (χ2v) is 5.90. The minimum absolute atomic E-state index is 0.00321. The Bertz CT molecular complexity index is 438. The number of aromatic nitrogens is 1. The zero-order chi connectivity index (χ0) is 14.4. The topological polar surface area (TPSA) is 60.5 Å². The SMILES string of the molecule is CCOC(=O)CCc1csc(NCC2(OC)CCC2)n1. The summed E-state index contributed by atoms with van der Waals surface area (Å²) in [5, 5.41) is 6.22. The number of hydrogen-bond donors (Lipinski definition) is 1. The molecule has 1 aromatic rings. The van der Waals surface area contributed by atoms with Crippen molar-refractivity contribution in [3.63, 3.8) is 0 Å². The van der Waals surface area contributed by atoms with Crippen LogP contribution in [0.3, 0.4) is 0 Å². The standard InChI is InChI=1S/C14H22N2O3S/c1-3-19-12(17)6-5-11-9-20-13(16-11)15-10-14(18-2)7-4-8-14/h9H,3-8,10H2,1-2H3,(H,15,16). The summed E-state index contributed by atoms with van der Waals surface area (Å²) in [6.45, 7) is 3.05. The van der Waals surface area contributed by atoms with E-state index in [1.54, 1.807) is 18.4 Å². The smallest absolute Gasteiger partial charge is 0.306 e. The number of aryl methyl sites for hydroxylation is 1. The molecule has 0 amide bonds. The number of thiazole rings is 1. The lowest BCUT2D eigenvalue weighted by Crippen LogP contribution is -2.45. The molecule has 5 nitrogen and oxygen atoms in total. The van der Waals surface area contributed by atoms with Crippen molar-refractivity contribution in [3.8, 4) is 0 Å². The van der Waals surface area contributed by atoms with E-state index in [0.717, 1.165) is 30.2 Å². The van der Waals surface area contributed by atoms with Crippen LogP contribution in [0.1, 0.15) is 38.3 Å². The van der Waals surface area contributed by atoms with Crippen LogP contribution < -0.4 is 5.32 Å². The molecule has 0 saturated heterocycles. The molecule has 1 heterocycles. The lowest BCUT2D eigenvalue weighted by Gasteiger charge is -2.40. The number of carbonyl (C=O) groups is 1. The first kappa shape index (κ1) is 15.3. The zero-order valence-corrected chi connectivity index (χ0v) is 12.9. The van der Waals surface area contributed by atoms with Crippen molar-refractivity contribution in [2.45, 2.75) is 44.6 Å². The average molecular weight is 298 g/mol. The molecule has 1 saturated carbocycles. The minimum Gasteiger partial charge on any atom is -0.466 e. The maximum Gasteiger partial charge on any atom is 0.306 e. The number of nitrogens with zero attached hydrogens (tertiary/aromatic N) is 1. The molecule has 6 heteroatoms. The van der Waals surface area contributed by atoms with Gasteiger partial charge in [-0.05, 0) is 26.2 Å². The zero-order valence-electron chi connectivity index (χ0n) is 12.1. The summed E-state index contributed by atoms with van der Waals surface area (Å²) in [4.78, 5) is 15.8. The predicted molar refractivity (Wildman–Crippen MR) is 79.1 cm³/mol. The minimum atomic E-state index is -0.164. The fraction of sp³-hybridized carbons (Fsp3) is 0.714. The number of anilines is 1. The molecular weight excluding hydrogens is 276 g/mol. The van der Waals surface area contributed by atoms with E-state index in [2.05, 4.69) is 10.3 Å². The van der Waals surface area contributed by atoms with E-state index in [9.17, 15) is 4.79 Å². The van der Waals surface area contributed by atoms with Crippen LogP contribution in [0.2, 0.25) is 0 Å². The fourth-order valence-electron chi connectivity index (χ4n) is 2.23. The fourth-order valence-corrected chi connectivity index (χ4v) is 2.97. The van der Waals surface area contributed by atoms with Crippen molar-refractivity contribution >= 4 is 22.4 Å². The van der Waals surface area contributed by atoms with Crippen LogP contribution in [0.5, 0.6) is 0 Å². The van der Waals surface area contributed by atoms with Gasteiger partial charge in [-0.15, -0.1) is 11.3 Å². The molecule has 2 rings (SSSR count). The molecule has 20 heavy (non-hydrogen) atoms. The first-order chi connectivity index (χ1) is 9.67. The third-order valence-electron chi connectivity index (χ3n) is 3.70. The second kappa shape index (κ2) is 7.04. The molecule has 1 fully saturated rings. The number of nitrogens with one attached hydrogen (secondary N) is 1. The molecule has 0 radical (unpaired) electrons. The van der Waals surface area contributed by atoms with E-state index < -0.39 is 0 Å². The van der Waals surface area contributed by atoms with Crippen LogP contribution in [-0.2, 0) is 20.7 Å². The molecule has 0 bridgehead atoms. The van der Waals surface area contributed by atoms with Gasteiger partial charge in [-0.25, -0.2) is 4.98 Å². The van der Waals surface area contributed by atoms with Crippen molar-refractivity contribution in [1.29, 1.82) is 0 Å². The Morgan fingerprint density at radius 3 is 2.95 bits per heavy atom. The summed E-state index contributed by atoms with van der Waals surface area (Å²) in [5.41, 5.74) is 0.933. The molecule has 1 N–H and O–H groups in total. The van der Waals surface area contributed by atoms with Gasteiger partial charge >= 0.3 is 5.97 Å². The molecule has 0 aliphatic heterocycles. The Balaban J connectivity index is 1.76. The molecule has 0 unspecified atom stereocenters. The van der Waals surface area contributed by atoms with E-state index >= 15 is 0 Å². The van der Waals surface area contributed by atoms with Crippen molar-refractivity contribution in [3.05, 3.63) is 11.1 Å². The van der Waals surface area contributed by atoms with E-state index in [0.29, 0.717) is 19.4 Å². The Hall–Kier alpha value is -1.14. The van der Waals surface area contributed by atoms with Crippen LogP contribution in [0.25, 0.3) is 0 Å². The van der Waals surface area contributed by atoms with E-state index in [1.807, 2.05) is 12.3 Å². The molecule has 1 aliphatic rings. The monoisotopic (exact) mass is 298 g/mol. The second-order valence-electron chi connectivity index (χ2n) is 5.04. The molecular formula is C14H22N2O3S. The summed E-state index contributed by atoms with van der Waals surface area (Å²) in [7, 11) is 1.77. The molecule has 0 atom stereocenters. The maximum atomic E-state index is 11.3. The van der Waals surface area contributed by atoms with Gasteiger partial charge in [-0.3, -0.25) is 4.79 Å². The van der Waals surface area contributed by atoms with Gasteiger partial charge in [-0.2, -0.15) is 0 Å². The van der Waals surface area contributed by atoms with Crippen molar-refractivity contribution in [2.24, 2.45) is 0 Å². The van der Waals surface area contributed by atoms with Gasteiger partial charge in [-0.1, -0.05) is 0 Å². The number of methoxy groups -OCH3 is 1. The van der Waals surface area contributed by atoms with Crippen molar-refractivity contribution < 1.29 is 14.3 Å². The Labute approximate surface area is 123 Å². The molecule has 1 aromatic heterocycles. The first-order valence-electron chi connectivity index (χ1n) is 7.06. The highest BCUT2D eigenvalue weighted by Gasteiger charge is 2.36. The lowest BCUT2D eigenvalue weighted by atomic mass is 9.80. The van der Waals surface area contributed by atoms with Crippen molar-refractivity contribution in [2.75, 3.05) is 25.6 Å². The van der Waals surface area contributed by atoms with Crippen LogP contribution in [-0.4, -0.2) is 36.8 Å². The maximum absolute atomic E-state index is 11.3. The van der Waals surface area contributed by atoms with Gasteiger partial charge in [0.1, 0.15) is 0 Å². The van der Waals surface area contributed by atoms with Crippen LogP contribution >= 0.6 is 11.3 Å². The van der Waals surface area contributed by atoms with Gasteiger partial charge in [0.2, 0.25) is 0 Å². The number of carbonyl (C=O) groups excluding carboxylic acids is 1. The number of hydrogen-bond acceptors (Lipinski definition) is 6. The molecule has 0 aromatic carbocycles. The number of ether oxygens (including phenoxy) is 2. The van der Waals surface area contributed by atoms with E-state index in [4.69, 9.17) is 9.47 Å². The van der Waals surface area contributed by atoms with Gasteiger partial charge in [0.15, 0.2) is 5.13 Å². The Kier molecular flexibility index (Phi) is 5.37. The van der Waals surface area contributed by atoms with Crippen LogP contribution in [0.4, 0.5) is 5.13 Å². The first-order valence-corrected chi connectivity index (χ1v) is 7.94. The van der Waals surface area contributed by atoms with Gasteiger partial charge in [0, 0.05) is 25.5 Å². The summed E-state index contributed by atoms with van der Waals surface area (Å²) >= 11 is 1.57. The highest BCUT2D eigenvalue weighted by atomic mass is 32.1. The Morgan fingerprint density at radius 1 is 1.55 bits per heavy atom. The normalized spacial score (nSPS) is 16.5. The summed E-state index contributed by atoms with van der Waals surface area (Å²) in [6, 6.07) is 0. The largest absolute Gasteiger partial charge is 0.466 e. The molecule has 1 aliphatic carbocycles. The third kappa shape index (κ3) is 3.93. The lowest BCUT2D eigenvalue weighted by molar-refractivity contribution is -0.143. The van der Waals surface area contributed by atoms with Crippen molar-refractivity contribution in [1.82, 2.24) is 4.98 Å². The Morgan fingerprint density at radius 2 is 2.35 bits per heavy atom. The molecule has 112 valence electrons. The predicted octanol–water partition coefficient (Wildman–Crippen LogP) is 2.62. The highest BCUT2D eigenvalue weighted by Crippen LogP contribution is 2.35. The van der Waals surface area contributed by atoms with Crippen LogP contribution in [0, 0.1) is 0 Å². The van der Waals surface area contributed by atoms with E-state index in [1.165, 1.54) is 6.42 Å². The summed E-state index contributed by atoms with van der Waals surface area (Å²) in [6.07, 6.45) is 4.47. The average Bonchev–Trinajstić information content (AvgIpc) is 2.84. The molecule has 0 spiro atoms. The quantitative estimate of drug-likeness (QED) is 0.748. The summed E-state index contributed by atoms with van der Waals surface area (Å²) in [5.74, 6) is -0.164. The van der Waals surface area contributed by atoms with Gasteiger partial charge in [0.05, 0.1) is 24.3 Å².